The molecule has 7 nitrogen and oxygen atoms in total. The van der Waals surface area contributed by atoms with Gasteiger partial charge in [0.2, 0.25) is 5.91 Å². The number of nitrogens with zero attached hydrogens (tertiary/aromatic N) is 1. The van der Waals surface area contributed by atoms with Gasteiger partial charge in [-0.3, -0.25) is 4.79 Å². The van der Waals surface area contributed by atoms with E-state index in [1.54, 1.807) is 27.9 Å². The molecule has 0 aromatic carbocycles. The number of hydrogen-bond donors (Lipinski definition) is 3. The molecule has 0 rings (SSSR count). The fourth-order valence-corrected chi connectivity index (χ4v) is 1.02. The van der Waals surface area contributed by atoms with E-state index >= 15 is 0 Å². The van der Waals surface area contributed by atoms with Crippen molar-refractivity contribution in [3.63, 3.8) is 0 Å². The van der Waals surface area contributed by atoms with Crippen molar-refractivity contribution < 1.29 is 19.5 Å². The zero-order chi connectivity index (χ0) is 13.6. The molecular formula is C10H19N3O4. The molecule has 0 heterocycles. The number of carboxylic acid groups (broad SMARTS) is 1. The lowest BCUT2D eigenvalue weighted by Gasteiger charge is -2.18. The Kier molecular flexibility index (Phi) is 6.01. The number of likely N-dealkylation sites (N-methyl/N-ethyl adjacent to an activating group) is 1. The van der Waals surface area contributed by atoms with Crippen LogP contribution in [0.4, 0.5) is 4.79 Å². The average molecular weight is 245 g/mol. The maximum atomic E-state index is 11.3. The second-order valence-electron chi connectivity index (χ2n) is 4.18. The lowest BCUT2D eigenvalue weighted by molar-refractivity contribution is -0.140. The summed E-state index contributed by atoms with van der Waals surface area (Å²) in [6.45, 7) is 3.21. The van der Waals surface area contributed by atoms with Gasteiger partial charge in [-0.2, -0.15) is 0 Å². The van der Waals surface area contributed by atoms with Crippen LogP contribution in [0.2, 0.25) is 0 Å². The summed E-state index contributed by atoms with van der Waals surface area (Å²) in [5.74, 6) is -1.60. The van der Waals surface area contributed by atoms with Crippen LogP contribution in [0.25, 0.3) is 0 Å². The van der Waals surface area contributed by atoms with Gasteiger partial charge in [-0.1, -0.05) is 13.8 Å². The van der Waals surface area contributed by atoms with Crippen molar-refractivity contribution in [1.82, 2.24) is 15.5 Å². The highest BCUT2D eigenvalue weighted by molar-refractivity contribution is 5.86. The van der Waals surface area contributed by atoms with Crippen molar-refractivity contribution in [2.45, 2.75) is 19.9 Å². The Balaban J connectivity index is 4.17. The standard InChI is InChI=1S/C10H19N3O4/c1-6(2)8(9(15)16)12-10(17)11-5-7(14)13(3)4/h6,8H,5H2,1-4H3,(H,15,16)(H2,11,12,17). The van der Waals surface area contributed by atoms with Crippen molar-refractivity contribution in [3.05, 3.63) is 0 Å². The molecule has 0 aliphatic rings. The molecular weight excluding hydrogens is 226 g/mol. The van der Waals surface area contributed by atoms with Crippen molar-refractivity contribution in [2.75, 3.05) is 20.6 Å². The predicted molar refractivity (Wildman–Crippen MR) is 61.5 cm³/mol. The fraction of sp³-hybridized carbons (Fsp3) is 0.700. The average Bonchev–Trinajstić information content (AvgIpc) is 2.21. The molecule has 0 saturated heterocycles. The molecule has 98 valence electrons. The zero-order valence-corrected chi connectivity index (χ0v) is 10.5. The Hall–Kier alpha value is -1.79. The van der Waals surface area contributed by atoms with Crippen LogP contribution in [-0.4, -0.2) is 54.6 Å². The van der Waals surface area contributed by atoms with Crippen LogP contribution in [0.1, 0.15) is 13.8 Å². The molecule has 0 aliphatic carbocycles. The number of amides is 3. The Morgan fingerprint density at radius 1 is 1.24 bits per heavy atom. The highest BCUT2D eigenvalue weighted by Gasteiger charge is 2.23. The third-order valence-corrected chi connectivity index (χ3v) is 2.12. The van der Waals surface area contributed by atoms with E-state index < -0.39 is 18.0 Å². The number of carboxylic acids is 1. The van der Waals surface area contributed by atoms with Crippen LogP contribution in [0.15, 0.2) is 0 Å². The van der Waals surface area contributed by atoms with Gasteiger partial charge in [-0.25, -0.2) is 9.59 Å². The Bertz CT molecular complexity index is 302. The first-order chi connectivity index (χ1) is 7.75. The third kappa shape index (κ3) is 5.74. The molecule has 0 bridgehead atoms. The highest BCUT2D eigenvalue weighted by Crippen LogP contribution is 2.00. The minimum absolute atomic E-state index is 0.163. The minimum Gasteiger partial charge on any atom is -0.480 e. The van der Waals surface area contributed by atoms with Crippen LogP contribution in [-0.2, 0) is 9.59 Å². The quantitative estimate of drug-likeness (QED) is 0.607. The molecule has 17 heavy (non-hydrogen) atoms. The summed E-state index contributed by atoms with van der Waals surface area (Å²) in [5.41, 5.74) is 0. The summed E-state index contributed by atoms with van der Waals surface area (Å²) < 4.78 is 0. The number of nitrogens with one attached hydrogen (secondary N) is 2. The first kappa shape index (κ1) is 15.2. The van der Waals surface area contributed by atoms with E-state index in [2.05, 4.69) is 10.6 Å². The van der Waals surface area contributed by atoms with Gasteiger partial charge in [0.1, 0.15) is 6.04 Å². The van der Waals surface area contributed by atoms with Crippen LogP contribution < -0.4 is 10.6 Å². The van der Waals surface area contributed by atoms with E-state index in [1.807, 2.05) is 0 Å². The summed E-state index contributed by atoms with van der Waals surface area (Å²) in [7, 11) is 3.13. The fourth-order valence-electron chi connectivity index (χ4n) is 1.02. The van der Waals surface area contributed by atoms with Crippen molar-refractivity contribution in [2.24, 2.45) is 5.92 Å². The lowest BCUT2D eigenvalue weighted by atomic mass is 10.1. The largest absolute Gasteiger partial charge is 0.480 e. The predicted octanol–water partition coefficient (Wildman–Crippen LogP) is -0.517. The first-order valence-corrected chi connectivity index (χ1v) is 5.23. The lowest BCUT2D eigenvalue weighted by Crippen LogP contribution is -2.50. The molecule has 1 unspecified atom stereocenters. The van der Waals surface area contributed by atoms with Crippen molar-refractivity contribution in [3.8, 4) is 0 Å². The van der Waals surface area contributed by atoms with Gasteiger partial charge in [-0.05, 0) is 5.92 Å². The van der Waals surface area contributed by atoms with Crippen LogP contribution in [0.3, 0.4) is 0 Å². The zero-order valence-electron chi connectivity index (χ0n) is 10.5. The molecule has 0 aromatic heterocycles. The van der Waals surface area contributed by atoms with Gasteiger partial charge < -0.3 is 20.6 Å². The molecule has 7 heteroatoms. The topological polar surface area (TPSA) is 98.7 Å². The number of aliphatic carboxylic acids is 1. The van der Waals surface area contributed by atoms with Crippen molar-refractivity contribution in [1.29, 1.82) is 0 Å². The molecule has 0 spiro atoms. The second-order valence-corrected chi connectivity index (χ2v) is 4.18. The number of carbonyl (C=O) groups is 3. The summed E-state index contributed by atoms with van der Waals surface area (Å²) >= 11 is 0. The van der Waals surface area contributed by atoms with Gasteiger partial charge in [0.15, 0.2) is 0 Å². The molecule has 0 saturated carbocycles. The van der Waals surface area contributed by atoms with E-state index in [0.717, 1.165) is 0 Å². The molecule has 3 N–H and O–H groups in total. The normalized spacial score (nSPS) is 11.8. The smallest absolute Gasteiger partial charge is 0.326 e. The third-order valence-electron chi connectivity index (χ3n) is 2.12. The molecule has 3 amide bonds. The summed E-state index contributed by atoms with van der Waals surface area (Å²) in [6, 6.07) is -1.63. The first-order valence-electron chi connectivity index (χ1n) is 5.23. The van der Waals surface area contributed by atoms with E-state index in [-0.39, 0.29) is 18.4 Å². The van der Waals surface area contributed by atoms with Gasteiger partial charge in [-0.15, -0.1) is 0 Å². The molecule has 0 aromatic rings. The van der Waals surface area contributed by atoms with E-state index in [0.29, 0.717) is 0 Å². The minimum atomic E-state index is -1.10. The maximum absolute atomic E-state index is 11.3. The monoisotopic (exact) mass is 245 g/mol. The molecule has 0 aliphatic heterocycles. The Morgan fingerprint density at radius 3 is 2.12 bits per heavy atom. The summed E-state index contributed by atoms with van der Waals surface area (Å²) in [4.78, 5) is 34.6. The number of urea groups is 1. The van der Waals surface area contributed by atoms with Gasteiger partial charge in [0.05, 0.1) is 6.54 Å². The van der Waals surface area contributed by atoms with E-state index in [9.17, 15) is 14.4 Å². The van der Waals surface area contributed by atoms with Crippen LogP contribution >= 0.6 is 0 Å². The van der Waals surface area contributed by atoms with Crippen molar-refractivity contribution >= 4 is 17.9 Å². The van der Waals surface area contributed by atoms with Gasteiger partial charge in [0.25, 0.3) is 0 Å². The van der Waals surface area contributed by atoms with Gasteiger partial charge in [0, 0.05) is 14.1 Å². The number of rotatable bonds is 5. The molecule has 0 radical (unpaired) electrons. The van der Waals surface area contributed by atoms with E-state index in [4.69, 9.17) is 5.11 Å². The van der Waals surface area contributed by atoms with Gasteiger partial charge >= 0.3 is 12.0 Å². The summed E-state index contributed by atoms with van der Waals surface area (Å²) in [5, 5.41) is 13.4. The molecule has 1 atom stereocenters. The highest BCUT2D eigenvalue weighted by atomic mass is 16.4. The Labute approximate surface area is 100 Å². The number of carbonyl (C=O) groups excluding carboxylic acids is 2. The van der Waals surface area contributed by atoms with Crippen LogP contribution in [0, 0.1) is 5.92 Å². The molecule has 0 fully saturated rings. The maximum Gasteiger partial charge on any atom is 0.326 e. The number of hydrogen-bond acceptors (Lipinski definition) is 3. The van der Waals surface area contributed by atoms with E-state index in [1.165, 1.54) is 4.90 Å². The second kappa shape index (κ2) is 6.72. The summed E-state index contributed by atoms with van der Waals surface area (Å²) in [6.07, 6.45) is 0. The van der Waals surface area contributed by atoms with Crippen LogP contribution in [0.5, 0.6) is 0 Å². The SMILES string of the molecule is CC(C)C(NC(=O)NCC(=O)N(C)C)C(=O)O. The Morgan fingerprint density at radius 2 is 1.76 bits per heavy atom.